The Bertz CT molecular complexity index is 1240. The molecule has 3 heterocycles. The van der Waals surface area contributed by atoms with E-state index in [0.717, 1.165) is 22.5 Å². The highest BCUT2D eigenvalue weighted by Crippen LogP contribution is 2.66. The van der Waals surface area contributed by atoms with Crippen molar-refractivity contribution in [2.75, 3.05) is 0 Å². The van der Waals surface area contributed by atoms with Gasteiger partial charge in [-0.1, -0.05) is 39.0 Å². The van der Waals surface area contributed by atoms with Crippen molar-refractivity contribution in [1.29, 1.82) is 0 Å². The Kier molecular flexibility index (Phi) is 2.61. The fourth-order valence-corrected chi connectivity index (χ4v) is 5.60. The van der Waals surface area contributed by atoms with Crippen LogP contribution >= 0.6 is 0 Å². The number of nitrogens with zero attached hydrogens (tertiary/aromatic N) is 4. The molecule has 0 saturated heterocycles. The van der Waals surface area contributed by atoms with E-state index in [0.29, 0.717) is 11.7 Å². The molecule has 1 saturated carbocycles. The van der Waals surface area contributed by atoms with Gasteiger partial charge in [-0.2, -0.15) is 5.10 Å². The van der Waals surface area contributed by atoms with Crippen LogP contribution in [0.25, 0.3) is 27.9 Å². The van der Waals surface area contributed by atoms with Gasteiger partial charge in [0.2, 0.25) is 0 Å². The van der Waals surface area contributed by atoms with E-state index in [1.165, 1.54) is 29.6 Å². The third-order valence-electron chi connectivity index (χ3n) is 7.57. The van der Waals surface area contributed by atoms with Gasteiger partial charge in [-0.15, -0.1) is 0 Å². The number of aryl methyl sites for hydroxylation is 1. The van der Waals surface area contributed by atoms with Gasteiger partial charge < -0.3 is 4.98 Å². The number of fused-ring (bicyclic) bond motifs is 7. The third-order valence-corrected chi connectivity index (χ3v) is 7.57. The molecule has 2 unspecified atom stereocenters. The zero-order chi connectivity index (χ0) is 18.6. The molecule has 0 amide bonds. The van der Waals surface area contributed by atoms with Crippen LogP contribution in [-0.4, -0.2) is 24.6 Å². The Morgan fingerprint density at radius 1 is 1.15 bits per heavy atom. The van der Waals surface area contributed by atoms with Crippen LogP contribution in [0, 0.1) is 12.3 Å². The van der Waals surface area contributed by atoms with E-state index in [-0.39, 0.29) is 10.8 Å². The van der Waals surface area contributed by atoms with Crippen LogP contribution in [0.3, 0.4) is 0 Å². The monoisotopic (exact) mass is 357 g/mol. The second kappa shape index (κ2) is 4.58. The summed E-state index contributed by atoms with van der Waals surface area (Å²) in [6.07, 6.45) is 4.44. The highest BCUT2D eigenvalue weighted by Gasteiger charge is 2.61. The van der Waals surface area contributed by atoms with Gasteiger partial charge in [-0.25, -0.2) is 14.5 Å². The molecule has 5 heteroatoms. The van der Waals surface area contributed by atoms with Gasteiger partial charge in [0.1, 0.15) is 0 Å². The van der Waals surface area contributed by atoms with Crippen molar-refractivity contribution in [2.45, 2.75) is 51.9 Å². The van der Waals surface area contributed by atoms with Gasteiger partial charge in [0.05, 0.1) is 23.3 Å². The lowest BCUT2D eigenvalue weighted by molar-refractivity contribution is 0.226. The molecule has 27 heavy (non-hydrogen) atoms. The van der Waals surface area contributed by atoms with Gasteiger partial charge >= 0.3 is 0 Å². The van der Waals surface area contributed by atoms with Crippen molar-refractivity contribution in [1.82, 2.24) is 24.6 Å². The van der Waals surface area contributed by atoms with E-state index >= 15 is 0 Å². The van der Waals surface area contributed by atoms with Gasteiger partial charge in [0.15, 0.2) is 0 Å². The van der Waals surface area contributed by atoms with Gasteiger partial charge in [0.25, 0.3) is 5.78 Å². The first kappa shape index (κ1) is 15.4. The number of benzene rings is 1. The van der Waals surface area contributed by atoms with E-state index in [9.17, 15) is 0 Å². The van der Waals surface area contributed by atoms with Crippen molar-refractivity contribution in [3.63, 3.8) is 0 Å². The van der Waals surface area contributed by atoms with Crippen molar-refractivity contribution in [3.05, 3.63) is 47.5 Å². The number of aromatic amines is 1. The number of nitrogens with one attached hydrogen (secondary N) is 1. The summed E-state index contributed by atoms with van der Waals surface area (Å²) in [5.74, 6) is 1.20. The van der Waals surface area contributed by atoms with Crippen LogP contribution in [0.2, 0.25) is 0 Å². The van der Waals surface area contributed by atoms with Crippen LogP contribution in [-0.2, 0) is 5.41 Å². The van der Waals surface area contributed by atoms with Crippen LogP contribution in [0.5, 0.6) is 0 Å². The summed E-state index contributed by atoms with van der Waals surface area (Å²) in [6.45, 7) is 9.21. The Morgan fingerprint density at radius 3 is 2.81 bits per heavy atom. The normalized spacial score (nSPS) is 25.6. The third kappa shape index (κ3) is 1.68. The maximum atomic E-state index is 5.03. The molecule has 6 rings (SSSR count). The van der Waals surface area contributed by atoms with Crippen molar-refractivity contribution in [2.24, 2.45) is 5.41 Å². The maximum Gasteiger partial charge on any atom is 0.251 e. The number of para-hydroxylation sites is 1. The molecule has 1 N–H and O–H groups in total. The molecule has 2 atom stereocenters. The lowest BCUT2D eigenvalue weighted by atomic mass is 9.70. The Labute approximate surface area is 157 Å². The van der Waals surface area contributed by atoms with Crippen molar-refractivity contribution >= 4 is 16.7 Å². The second-order valence-electron chi connectivity index (χ2n) is 9.03. The Balaban J connectivity index is 1.59. The molecule has 2 aliphatic rings. The predicted molar refractivity (Wildman–Crippen MR) is 106 cm³/mol. The number of hydrogen-bond donors (Lipinski definition) is 1. The topological polar surface area (TPSA) is 58.9 Å². The van der Waals surface area contributed by atoms with Crippen molar-refractivity contribution in [3.8, 4) is 11.3 Å². The van der Waals surface area contributed by atoms with Crippen LogP contribution in [0.15, 0.2) is 30.5 Å². The summed E-state index contributed by atoms with van der Waals surface area (Å²) in [4.78, 5) is 13.3. The van der Waals surface area contributed by atoms with Crippen LogP contribution in [0.1, 0.15) is 56.6 Å². The molecule has 4 aromatic rings. The van der Waals surface area contributed by atoms with E-state index < -0.39 is 0 Å². The van der Waals surface area contributed by atoms with Gasteiger partial charge in [-0.05, 0) is 31.2 Å². The highest BCUT2D eigenvalue weighted by atomic mass is 15.3. The zero-order valence-electron chi connectivity index (χ0n) is 16.2. The molecule has 0 spiro atoms. The zero-order valence-corrected chi connectivity index (χ0v) is 16.2. The lowest BCUT2D eigenvalue weighted by Crippen LogP contribution is -2.32. The molecule has 1 aromatic carbocycles. The summed E-state index contributed by atoms with van der Waals surface area (Å²) in [5.41, 5.74) is 7.02. The molecule has 0 radical (unpaired) electrons. The van der Waals surface area contributed by atoms with E-state index in [4.69, 9.17) is 15.1 Å². The maximum absolute atomic E-state index is 5.03. The molecular weight excluding hydrogens is 334 g/mol. The standard InChI is InChI=1S/C22H23N5/c1-12-17(13-7-5-6-8-15(13)23-12)16-11-27-20(24-16)25-18-14-9-10-22(4,19(18)26-27)21(14,2)3/h5-8,11,14,23H,9-10H2,1-4H3. The van der Waals surface area contributed by atoms with Gasteiger partial charge in [0, 0.05) is 33.5 Å². The van der Waals surface area contributed by atoms with E-state index in [1.807, 2.05) is 10.7 Å². The minimum Gasteiger partial charge on any atom is -0.358 e. The first-order valence-corrected chi connectivity index (χ1v) is 9.76. The number of rotatable bonds is 1. The summed E-state index contributed by atoms with van der Waals surface area (Å²) >= 11 is 0. The minimum absolute atomic E-state index is 0.106. The highest BCUT2D eigenvalue weighted by molar-refractivity contribution is 5.96. The Hall–Kier alpha value is -2.69. The Morgan fingerprint density at radius 2 is 1.96 bits per heavy atom. The van der Waals surface area contributed by atoms with Crippen LogP contribution in [0.4, 0.5) is 0 Å². The average Bonchev–Trinajstić information content (AvgIpc) is 3.28. The molecular formula is C22H23N5. The number of hydrogen-bond acceptors (Lipinski definition) is 3. The van der Waals surface area contributed by atoms with Crippen LogP contribution < -0.4 is 0 Å². The summed E-state index contributed by atoms with van der Waals surface area (Å²) < 4.78 is 1.89. The first-order valence-electron chi connectivity index (χ1n) is 9.76. The van der Waals surface area contributed by atoms with E-state index in [1.54, 1.807) is 0 Å². The molecule has 0 aliphatic heterocycles. The summed E-state index contributed by atoms with van der Waals surface area (Å²) in [7, 11) is 0. The van der Waals surface area contributed by atoms with Gasteiger partial charge in [-0.3, -0.25) is 0 Å². The van der Waals surface area contributed by atoms with Crippen molar-refractivity contribution < 1.29 is 0 Å². The molecule has 1 fully saturated rings. The lowest BCUT2D eigenvalue weighted by Gasteiger charge is -2.33. The molecule has 2 bridgehead atoms. The number of imidazole rings is 1. The molecule has 136 valence electrons. The first-order chi connectivity index (χ1) is 12.9. The smallest absolute Gasteiger partial charge is 0.251 e. The molecule has 2 aliphatic carbocycles. The SMILES string of the molecule is Cc1[nH]c2ccccc2c1-c1cn2nc3c(nc2n1)C1CCC3(C)C1(C)C. The summed E-state index contributed by atoms with van der Waals surface area (Å²) in [6, 6.07) is 8.37. The molecule has 5 nitrogen and oxygen atoms in total. The molecule has 3 aromatic heterocycles. The summed E-state index contributed by atoms with van der Waals surface area (Å²) in [5, 5.41) is 6.22. The number of aromatic nitrogens is 5. The average molecular weight is 357 g/mol. The quantitative estimate of drug-likeness (QED) is 0.534. The number of H-pyrrole nitrogens is 1. The fourth-order valence-electron chi connectivity index (χ4n) is 5.60. The minimum atomic E-state index is 0.106. The fraction of sp³-hybridized carbons (Fsp3) is 0.409. The van der Waals surface area contributed by atoms with E-state index in [2.05, 4.69) is 56.9 Å². The predicted octanol–water partition coefficient (Wildman–Crippen LogP) is 4.76. The second-order valence-corrected chi connectivity index (χ2v) is 9.03. The largest absolute Gasteiger partial charge is 0.358 e.